The van der Waals surface area contributed by atoms with Gasteiger partial charge >= 0.3 is 5.97 Å². The molecule has 1 aliphatic rings. The van der Waals surface area contributed by atoms with Gasteiger partial charge in [-0.2, -0.15) is 0 Å². The summed E-state index contributed by atoms with van der Waals surface area (Å²) in [6.07, 6.45) is 0. The molecule has 1 heterocycles. The molecular formula is C15H21NO3S. The highest BCUT2D eigenvalue weighted by molar-refractivity contribution is 7.85. The first-order chi connectivity index (χ1) is 9.54. The van der Waals surface area contributed by atoms with Gasteiger partial charge in [-0.25, -0.2) is 0 Å². The lowest BCUT2D eigenvalue weighted by Crippen LogP contribution is -2.55. The standard InChI is InChI=1S/C15H21NO3S/c1-10(2)14-13(11-7-5-4-6-8-11)16-12(9-20(14)18)15(17)19-3/h4-8,10,12-14,16H,9H2,1-3H3. The molecular weight excluding hydrogens is 274 g/mol. The molecule has 5 heteroatoms. The summed E-state index contributed by atoms with van der Waals surface area (Å²) in [5.41, 5.74) is 1.06. The van der Waals surface area contributed by atoms with Crippen molar-refractivity contribution in [1.29, 1.82) is 0 Å². The van der Waals surface area contributed by atoms with Gasteiger partial charge in [0.25, 0.3) is 0 Å². The molecule has 2 rings (SSSR count). The van der Waals surface area contributed by atoms with Crippen LogP contribution >= 0.6 is 0 Å². The second kappa shape index (κ2) is 6.50. The summed E-state index contributed by atoms with van der Waals surface area (Å²) in [4.78, 5) is 11.7. The molecule has 0 saturated carbocycles. The van der Waals surface area contributed by atoms with Gasteiger partial charge in [-0.05, 0) is 11.5 Å². The number of ether oxygens (including phenoxy) is 1. The average molecular weight is 295 g/mol. The highest BCUT2D eigenvalue weighted by Gasteiger charge is 2.40. The number of esters is 1. The molecule has 1 aliphatic heterocycles. The van der Waals surface area contributed by atoms with Crippen LogP contribution < -0.4 is 5.32 Å². The van der Waals surface area contributed by atoms with Crippen molar-refractivity contribution >= 4 is 16.8 Å². The van der Waals surface area contributed by atoms with E-state index in [0.29, 0.717) is 5.75 Å². The Balaban J connectivity index is 2.31. The highest BCUT2D eigenvalue weighted by atomic mass is 32.2. The zero-order valence-electron chi connectivity index (χ0n) is 12.0. The van der Waals surface area contributed by atoms with Crippen LogP contribution in [0.3, 0.4) is 0 Å². The third-order valence-electron chi connectivity index (χ3n) is 3.65. The van der Waals surface area contributed by atoms with Crippen LogP contribution in [0.5, 0.6) is 0 Å². The Bertz CT molecular complexity index is 489. The second-order valence-corrected chi connectivity index (χ2v) is 7.03. The number of methoxy groups -OCH3 is 1. The van der Waals surface area contributed by atoms with Crippen LogP contribution in [0.4, 0.5) is 0 Å². The number of carbonyl (C=O) groups is 1. The maximum atomic E-state index is 12.5. The van der Waals surface area contributed by atoms with Gasteiger partial charge < -0.3 is 4.74 Å². The number of benzene rings is 1. The summed E-state index contributed by atoms with van der Waals surface area (Å²) in [6, 6.07) is 9.29. The Kier molecular flexibility index (Phi) is 4.94. The van der Waals surface area contributed by atoms with E-state index in [1.54, 1.807) is 0 Å². The van der Waals surface area contributed by atoms with Crippen molar-refractivity contribution in [3.8, 4) is 0 Å². The first-order valence-corrected chi connectivity index (χ1v) is 8.18. The van der Waals surface area contributed by atoms with Crippen molar-refractivity contribution in [3.05, 3.63) is 35.9 Å². The second-order valence-electron chi connectivity index (χ2n) is 5.39. The van der Waals surface area contributed by atoms with Gasteiger partial charge in [0, 0.05) is 16.8 Å². The molecule has 1 aromatic carbocycles. The normalized spacial score (nSPS) is 30.2. The SMILES string of the molecule is COC(=O)C1CS(=O)C(C(C)C)C(c2ccccc2)N1. The first-order valence-electron chi connectivity index (χ1n) is 6.80. The molecule has 1 fully saturated rings. The predicted octanol–water partition coefficient (Wildman–Crippen LogP) is 1.65. The molecule has 0 radical (unpaired) electrons. The van der Waals surface area contributed by atoms with Gasteiger partial charge in [0.15, 0.2) is 0 Å². The number of carbonyl (C=O) groups excluding carboxylic acids is 1. The van der Waals surface area contributed by atoms with Crippen LogP contribution in [0.25, 0.3) is 0 Å². The lowest BCUT2D eigenvalue weighted by molar-refractivity contribution is -0.142. The van der Waals surface area contributed by atoms with E-state index < -0.39 is 16.8 Å². The molecule has 0 aromatic heterocycles. The minimum absolute atomic E-state index is 0.00157. The summed E-state index contributed by atoms with van der Waals surface area (Å²) in [6.45, 7) is 4.14. The van der Waals surface area contributed by atoms with Gasteiger partial charge in [0.05, 0.1) is 18.1 Å². The van der Waals surface area contributed by atoms with E-state index in [4.69, 9.17) is 4.74 Å². The molecule has 1 aromatic rings. The molecule has 0 amide bonds. The number of nitrogens with one attached hydrogen (secondary N) is 1. The van der Waals surface area contributed by atoms with E-state index in [9.17, 15) is 9.00 Å². The van der Waals surface area contributed by atoms with Crippen molar-refractivity contribution in [2.24, 2.45) is 5.92 Å². The lowest BCUT2D eigenvalue weighted by atomic mass is 9.95. The Morgan fingerprint density at radius 2 is 2.00 bits per heavy atom. The maximum Gasteiger partial charge on any atom is 0.323 e. The topological polar surface area (TPSA) is 55.4 Å². The first kappa shape index (κ1) is 15.2. The molecule has 0 aliphatic carbocycles. The van der Waals surface area contributed by atoms with E-state index >= 15 is 0 Å². The maximum absolute atomic E-state index is 12.5. The van der Waals surface area contributed by atoms with Crippen molar-refractivity contribution in [2.75, 3.05) is 12.9 Å². The fourth-order valence-corrected chi connectivity index (χ4v) is 4.63. The number of rotatable bonds is 3. The van der Waals surface area contributed by atoms with Crippen LogP contribution in [0.2, 0.25) is 0 Å². The molecule has 4 unspecified atom stereocenters. The van der Waals surface area contributed by atoms with E-state index in [1.165, 1.54) is 7.11 Å². The third kappa shape index (κ3) is 3.10. The molecule has 1 saturated heterocycles. The van der Waals surface area contributed by atoms with Crippen LogP contribution in [0, 0.1) is 5.92 Å². The van der Waals surface area contributed by atoms with Crippen molar-refractivity contribution < 1.29 is 13.7 Å². The third-order valence-corrected chi connectivity index (χ3v) is 5.73. The van der Waals surface area contributed by atoms with E-state index in [0.717, 1.165) is 5.56 Å². The Morgan fingerprint density at radius 3 is 2.55 bits per heavy atom. The van der Waals surface area contributed by atoms with Crippen LogP contribution in [0.1, 0.15) is 25.5 Å². The smallest absolute Gasteiger partial charge is 0.323 e. The van der Waals surface area contributed by atoms with E-state index in [2.05, 4.69) is 19.2 Å². The molecule has 4 atom stereocenters. The summed E-state index contributed by atoms with van der Waals surface area (Å²) < 4.78 is 17.3. The minimum Gasteiger partial charge on any atom is -0.468 e. The monoisotopic (exact) mass is 295 g/mol. The van der Waals surface area contributed by atoms with Crippen molar-refractivity contribution in [3.63, 3.8) is 0 Å². The number of hydrogen-bond donors (Lipinski definition) is 1. The summed E-state index contributed by atoms with van der Waals surface area (Å²) in [5.74, 6) is 0.243. The van der Waals surface area contributed by atoms with Crippen LogP contribution in [-0.2, 0) is 20.3 Å². The number of hydrogen-bond acceptors (Lipinski definition) is 4. The molecule has 0 spiro atoms. The molecule has 4 nitrogen and oxygen atoms in total. The van der Waals surface area contributed by atoms with Gasteiger partial charge in [-0.3, -0.25) is 14.3 Å². The predicted molar refractivity (Wildman–Crippen MR) is 79.8 cm³/mol. The summed E-state index contributed by atoms with van der Waals surface area (Å²) >= 11 is 0. The van der Waals surface area contributed by atoms with Gasteiger partial charge in [-0.15, -0.1) is 0 Å². The van der Waals surface area contributed by atoms with E-state index in [-0.39, 0.29) is 23.2 Å². The van der Waals surface area contributed by atoms with Crippen molar-refractivity contribution in [1.82, 2.24) is 5.32 Å². The summed E-state index contributed by atoms with van der Waals surface area (Å²) in [5, 5.41) is 3.31. The van der Waals surface area contributed by atoms with Crippen LogP contribution in [-0.4, -0.2) is 34.3 Å². The molecule has 0 bridgehead atoms. The molecule has 20 heavy (non-hydrogen) atoms. The fraction of sp³-hybridized carbons (Fsp3) is 0.533. The highest BCUT2D eigenvalue weighted by Crippen LogP contribution is 2.30. The van der Waals surface area contributed by atoms with E-state index in [1.807, 2.05) is 30.3 Å². The zero-order chi connectivity index (χ0) is 14.7. The molecule has 110 valence electrons. The minimum atomic E-state index is -1.05. The largest absolute Gasteiger partial charge is 0.468 e. The Hall–Kier alpha value is -1.20. The quantitative estimate of drug-likeness (QED) is 0.862. The van der Waals surface area contributed by atoms with Gasteiger partial charge in [-0.1, -0.05) is 44.2 Å². The fourth-order valence-electron chi connectivity index (χ4n) is 2.70. The van der Waals surface area contributed by atoms with Crippen LogP contribution in [0.15, 0.2) is 30.3 Å². The Labute approximate surface area is 122 Å². The van der Waals surface area contributed by atoms with Gasteiger partial charge in [0.2, 0.25) is 0 Å². The lowest BCUT2D eigenvalue weighted by Gasteiger charge is -2.38. The zero-order valence-corrected chi connectivity index (χ0v) is 12.9. The molecule has 1 N–H and O–H groups in total. The van der Waals surface area contributed by atoms with Crippen molar-refractivity contribution in [2.45, 2.75) is 31.2 Å². The summed E-state index contributed by atoms with van der Waals surface area (Å²) in [7, 11) is 0.306. The Morgan fingerprint density at radius 1 is 1.35 bits per heavy atom. The average Bonchev–Trinajstić information content (AvgIpc) is 2.46. The van der Waals surface area contributed by atoms with Gasteiger partial charge in [0.1, 0.15) is 6.04 Å².